The summed E-state index contributed by atoms with van der Waals surface area (Å²) in [5.74, 6) is -3.55. The Kier molecular flexibility index (Phi) is 18.9. The number of hydrogen-bond acceptors (Lipinski definition) is 20. The number of thiazole rings is 1. The molecule has 0 aliphatic carbocycles. The van der Waals surface area contributed by atoms with E-state index in [1.165, 1.54) is 42.5 Å². The van der Waals surface area contributed by atoms with E-state index in [9.17, 15) is 53.9 Å². The van der Waals surface area contributed by atoms with Crippen molar-refractivity contribution in [3.63, 3.8) is 0 Å². The Labute approximate surface area is 454 Å². The number of rotatable bonds is 11. The normalized spacial score (nSPS) is 11.6. The van der Waals surface area contributed by atoms with Crippen LogP contribution in [0.4, 0.5) is 34.6 Å². The van der Waals surface area contributed by atoms with Crippen molar-refractivity contribution in [2.75, 3.05) is 10.6 Å². The molecule has 29 heteroatoms. The maximum absolute atomic E-state index is 14.0. The molecule has 2 heterocycles. The third kappa shape index (κ3) is 12.6. The zero-order chi connectivity index (χ0) is 42.6. The molecule has 0 saturated carbocycles. The molecule has 5 aromatic carbocycles. The quantitative estimate of drug-likeness (QED) is 0.0616. The summed E-state index contributed by atoms with van der Waals surface area (Å²) in [6, 6.07) is 16.4. The van der Waals surface area contributed by atoms with Gasteiger partial charge in [0, 0.05) is 22.5 Å². The Bertz CT molecular complexity index is 3300. The van der Waals surface area contributed by atoms with Crippen molar-refractivity contribution < 1.29 is 172 Å². The molecule has 0 aliphatic heterocycles. The molecule has 0 atom stereocenters. The van der Waals surface area contributed by atoms with Gasteiger partial charge in [0.2, 0.25) is 17.2 Å². The Morgan fingerprint density at radius 2 is 1.41 bits per heavy atom. The molecule has 0 radical (unpaired) electrons. The third-order valence-electron chi connectivity index (χ3n) is 8.25. The van der Waals surface area contributed by atoms with E-state index in [-0.39, 0.29) is 140 Å². The summed E-state index contributed by atoms with van der Waals surface area (Å²) in [5.41, 5.74) is -0.680. The number of carbonyl (C=O) groups excluding carboxylic acids is 1. The monoisotopic (exact) mass is 986 g/mol. The fraction of sp³-hybridized carbons (Fsp3) is 0.0294. The Balaban J connectivity index is 0.00000264. The topological polar surface area (TPSA) is 332 Å². The van der Waals surface area contributed by atoms with Crippen LogP contribution in [-0.2, 0) is 30.4 Å². The molecule has 63 heavy (non-hydrogen) atoms. The number of fused-ring (bicyclic) bond motifs is 2. The molecule has 2 aromatic heterocycles. The van der Waals surface area contributed by atoms with Crippen LogP contribution in [0.3, 0.4) is 0 Å². The first-order valence-electron chi connectivity index (χ1n) is 16.1. The van der Waals surface area contributed by atoms with Gasteiger partial charge in [-0.3, -0.25) is 4.55 Å². The van der Waals surface area contributed by atoms with Gasteiger partial charge in [0.05, 0.1) is 37.4 Å². The van der Waals surface area contributed by atoms with Crippen molar-refractivity contribution in [3.05, 3.63) is 95.3 Å². The van der Waals surface area contributed by atoms with Crippen molar-refractivity contribution in [2.24, 2.45) is 10.2 Å². The molecule has 7 rings (SSSR count). The molecule has 0 spiro atoms. The standard InChI is InChI=1S/C34H23ClN8O12S4.4Na/c1-15-10-24-22(14-25(15)58(50,51)52)37-30(56-24)16-6-8-18(9-7-16)36-33-39-32(35)40-34(41-33)38-23-13-19(57(47,48)49)11-17-12-26(59(53,54)55)28(29(44)27(17)23)43-42-21-5-3-2-4-20(21)31(45)46;;;;/h2-14,44H,1H3,(H,45,46)(H,47,48,49)(H,50,51,52)(H,53,54,55)(H2,36,38,39,40,41);;;;/q;4*+1/p-4. The summed E-state index contributed by atoms with van der Waals surface area (Å²) in [5, 5.41) is 37.5. The number of nitrogens with zero attached hydrogens (tertiary/aromatic N) is 6. The number of nitrogens with one attached hydrogen (secondary N) is 2. The first-order valence-corrected chi connectivity index (χ1v) is 21.5. The minimum atomic E-state index is -5.29. The fourth-order valence-corrected chi connectivity index (χ4v) is 8.78. The van der Waals surface area contributed by atoms with E-state index >= 15 is 0 Å². The van der Waals surface area contributed by atoms with Gasteiger partial charge in [-0.25, -0.2) is 21.8 Å². The molecule has 20 nitrogen and oxygen atoms in total. The molecule has 0 aliphatic rings. The summed E-state index contributed by atoms with van der Waals surface area (Å²) in [4.78, 5) is 25.7. The van der Waals surface area contributed by atoms with Gasteiger partial charge in [0.15, 0.2) is 0 Å². The minimum Gasteiger partial charge on any atom is -0.870 e. The molecule has 302 valence electrons. The maximum Gasteiger partial charge on any atom is 1.00 e. The molecular weight excluding hydrogens is 968 g/mol. The van der Waals surface area contributed by atoms with Crippen LogP contribution in [0, 0.1) is 6.92 Å². The maximum atomic E-state index is 14.0. The molecule has 0 unspecified atom stereocenters. The van der Waals surface area contributed by atoms with E-state index in [0.717, 1.165) is 12.1 Å². The van der Waals surface area contributed by atoms with Gasteiger partial charge in [0.25, 0.3) is 10.1 Å². The van der Waals surface area contributed by atoms with E-state index in [4.69, 9.17) is 11.6 Å². The summed E-state index contributed by atoms with van der Waals surface area (Å²) in [6.07, 6.45) is 0. The smallest absolute Gasteiger partial charge is 0.870 e. The van der Waals surface area contributed by atoms with Crippen LogP contribution in [0.15, 0.2) is 104 Å². The summed E-state index contributed by atoms with van der Waals surface area (Å²) in [7, 11) is -15.3. The number of aryl methyl sites for hydroxylation is 1. The van der Waals surface area contributed by atoms with Crippen LogP contribution >= 0.6 is 22.9 Å². The zero-order valence-electron chi connectivity index (χ0n) is 33.1. The molecule has 0 bridgehead atoms. The molecule has 0 fully saturated rings. The number of halogens is 1. The van der Waals surface area contributed by atoms with Crippen LogP contribution in [-0.4, -0.2) is 64.8 Å². The SMILES string of the molecule is Cc1cc2sc(-c3ccc(Nc4nc(Cl)nc(Nc5cc(S(=O)(=O)[O-])cc6cc(S(=O)(=O)O)c(N=Nc7ccccc7C(=O)[O-])c([O-])c56)n4)cc3)nc2cc1S(=O)(=O)[O-].[Na+].[Na+].[Na+].[Na+]. The number of aromatic nitrogens is 4. The first kappa shape index (κ1) is 55.1. The van der Waals surface area contributed by atoms with E-state index < -0.39 is 90.8 Å². The van der Waals surface area contributed by atoms with Gasteiger partial charge in [-0.2, -0.15) is 23.4 Å². The average molecular weight is 987 g/mol. The zero-order valence-corrected chi connectivity index (χ0v) is 45.2. The van der Waals surface area contributed by atoms with Crippen LogP contribution < -0.4 is 139 Å². The first-order chi connectivity index (χ1) is 27.7. The van der Waals surface area contributed by atoms with Crippen molar-refractivity contribution in [3.8, 4) is 16.3 Å². The Hall–Kier alpha value is -2.25. The van der Waals surface area contributed by atoms with Crippen molar-refractivity contribution >= 4 is 115 Å². The van der Waals surface area contributed by atoms with Gasteiger partial charge in [-0.15, -0.1) is 21.6 Å². The fourth-order valence-electron chi connectivity index (χ4n) is 5.67. The number of benzene rings is 5. The third-order valence-corrected chi connectivity index (χ3v) is 12.1. The second kappa shape index (κ2) is 21.6. The summed E-state index contributed by atoms with van der Waals surface area (Å²) in [6.45, 7) is 1.51. The molecule has 0 saturated heterocycles. The predicted octanol–water partition coefficient (Wildman–Crippen LogP) is -7.33. The van der Waals surface area contributed by atoms with E-state index in [2.05, 4.69) is 40.8 Å². The van der Waals surface area contributed by atoms with Gasteiger partial charge in [-0.1, -0.05) is 23.9 Å². The number of carboxylic acid groups (broad SMARTS) is 1. The number of aromatic carboxylic acids is 1. The average Bonchev–Trinajstić information content (AvgIpc) is 3.55. The summed E-state index contributed by atoms with van der Waals surface area (Å²) >= 11 is 7.44. The van der Waals surface area contributed by atoms with E-state index in [1.54, 1.807) is 30.3 Å². The van der Waals surface area contributed by atoms with Crippen molar-refractivity contribution in [1.29, 1.82) is 0 Å². The van der Waals surface area contributed by atoms with Crippen LogP contribution in [0.1, 0.15) is 15.9 Å². The van der Waals surface area contributed by atoms with Gasteiger partial charge < -0.3 is 34.7 Å². The van der Waals surface area contributed by atoms with Gasteiger partial charge >= 0.3 is 118 Å². The Morgan fingerprint density at radius 3 is 2.02 bits per heavy atom. The number of carbonyl (C=O) groups is 1. The van der Waals surface area contributed by atoms with E-state index in [1.807, 2.05) is 0 Å². The molecule has 3 N–H and O–H groups in total. The minimum absolute atomic E-state index is 0. The predicted molar refractivity (Wildman–Crippen MR) is 205 cm³/mol. The molecule has 0 amide bonds. The molecular formula is C34H19ClN8Na4O12S4. The van der Waals surface area contributed by atoms with E-state index in [0.29, 0.717) is 38.6 Å². The number of carboxylic acids is 1. The van der Waals surface area contributed by atoms with Gasteiger partial charge in [0.1, 0.15) is 30.1 Å². The second-order valence-corrected chi connectivity index (χ2v) is 17.7. The number of hydrogen-bond donors (Lipinski definition) is 3. The molecule has 7 aromatic rings. The largest absolute Gasteiger partial charge is 1.00 e. The summed E-state index contributed by atoms with van der Waals surface area (Å²) < 4.78 is 107. The Morgan fingerprint density at radius 1 is 0.778 bits per heavy atom. The van der Waals surface area contributed by atoms with Crippen molar-refractivity contribution in [1.82, 2.24) is 19.9 Å². The van der Waals surface area contributed by atoms with Gasteiger partial charge in [-0.05, 0) is 95.5 Å². The second-order valence-electron chi connectivity index (χ2n) is 12.2. The van der Waals surface area contributed by atoms with Crippen LogP contribution in [0.25, 0.3) is 31.6 Å². The number of anilines is 4. The van der Waals surface area contributed by atoms with Crippen LogP contribution in [0.5, 0.6) is 5.75 Å². The van der Waals surface area contributed by atoms with Crippen molar-refractivity contribution in [2.45, 2.75) is 21.6 Å². The number of azo groups is 1. The van der Waals surface area contributed by atoms with Crippen LogP contribution in [0.2, 0.25) is 5.28 Å².